The van der Waals surface area contributed by atoms with Crippen LogP contribution in [0.15, 0.2) is 59.2 Å². The molecule has 0 spiro atoms. The van der Waals surface area contributed by atoms with Crippen molar-refractivity contribution < 1.29 is 4.74 Å². The molecule has 2 N–H and O–H groups in total. The van der Waals surface area contributed by atoms with Crippen LogP contribution in [0.3, 0.4) is 0 Å². The van der Waals surface area contributed by atoms with Gasteiger partial charge in [-0.25, -0.2) is 0 Å². The van der Waals surface area contributed by atoms with E-state index >= 15 is 0 Å². The molecule has 148 valence electrons. The molecule has 1 aliphatic heterocycles. The highest BCUT2D eigenvalue weighted by molar-refractivity contribution is 6.30. The average molecular weight is 398 g/mol. The van der Waals surface area contributed by atoms with Crippen molar-refractivity contribution in [3.05, 3.63) is 70.4 Å². The quantitative estimate of drug-likeness (QED) is 0.806. The Kier molecular flexibility index (Phi) is 6.76. The Balaban J connectivity index is 1.85. The standard InChI is InChI=1S/C23H28ClN3O/c1-16-11-20(19-5-4-6-21(24)14-19)8-7-18(16)12-17-13-22(28-3)9-10-26-23(25)27(2)15-17/h4-8,11,14-15,22H,9-10,12-13H2,1-3H3,(H2,25,26)/b17-15-. The number of benzene rings is 2. The van der Waals surface area contributed by atoms with Crippen molar-refractivity contribution in [1.29, 1.82) is 0 Å². The Morgan fingerprint density at radius 1 is 1.21 bits per heavy atom. The minimum Gasteiger partial charge on any atom is -0.381 e. The molecule has 1 atom stereocenters. The fourth-order valence-electron chi connectivity index (χ4n) is 3.53. The van der Waals surface area contributed by atoms with Gasteiger partial charge in [0.2, 0.25) is 0 Å². The molecule has 0 fully saturated rings. The third kappa shape index (κ3) is 5.15. The van der Waals surface area contributed by atoms with Crippen molar-refractivity contribution in [2.45, 2.75) is 32.3 Å². The summed E-state index contributed by atoms with van der Waals surface area (Å²) < 4.78 is 5.66. The van der Waals surface area contributed by atoms with Crippen LogP contribution in [0.4, 0.5) is 0 Å². The second kappa shape index (κ2) is 9.26. The summed E-state index contributed by atoms with van der Waals surface area (Å²) in [5.74, 6) is 0.544. The van der Waals surface area contributed by atoms with E-state index in [0.717, 1.165) is 29.8 Å². The summed E-state index contributed by atoms with van der Waals surface area (Å²) in [5.41, 5.74) is 12.2. The van der Waals surface area contributed by atoms with Crippen LogP contribution >= 0.6 is 11.6 Å². The summed E-state index contributed by atoms with van der Waals surface area (Å²) in [4.78, 5) is 6.32. The Morgan fingerprint density at radius 3 is 2.71 bits per heavy atom. The molecule has 2 aromatic carbocycles. The van der Waals surface area contributed by atoms with Crippen molar-refractivity contribution in [1.82, 2.24) is 4.90 Å². The van der Waals surface area contributed by atoms with E-state index in [1.165, 1.54) is 22.3 Å². The van der Waals surface area contributed by atoms with Crippen LogP contribution in [0.1, 0.15) is 24.0 Å². The number of halogens is 1. The number of aryl methyl sites for hydroxylation is 1. The van der Waals surface area contributed by atoms with Gasteiger partial charge in [0.05, 0.1) is 6.10 Å². The van der Waals surface area contributed by atoms with E-state index < -0.39 is 0 Å². The summed E-state index contributed by atoms with van der Waals surface area (Å²) in [5, 5.41) is 0.753. The number of guanidine groups is 1. The number of nitrogens with two attached hydrogens (primary N) is 1. The zero-order valence-corrected chi connectivity index (χ0v) is 17.5. The lowest BCUT2D eigenvalue weighted by molar-refractivity contribution is 0.0973. The molecule has 4 nitrogen and oxygen atoms in total. The smallest absolute Gasteiger partial charge is 0.195 e. The summed E-state index contributed by atoms with van der Waals surface area (Å²) in [7, 11) is 3.71. The molecule has 3 rings (SSSR count). The normalized spacial score (nSPS) is 19.9. The highest BCUT2D eigenvalue weighted by Gasteiger charge is 2.15. The number of nitrogens with zero attached hydrogens (tertiary/aromatic N) is 2. The molecule has 1 aliphatic rings. The van der Waals surface area contributed by atoms with Gasteiger partial charge in [0.25, 0.3) is 0 Å². The molecule has 0 amide bonds. The second-order valence-electron chi connectivity index (χ2n) is 7.32. The molecule has 1 heterocycles. The van der Waals surface area contributed by atoms with E-state index in [9.17, 15) is 0 Å². The fraction of sp³-hybridized carbons (Fsp3) is 0.348. The van der Waals surface area contributed by atoms with Crippen molar-refractivity contribution in [2.24, 2.45) is 10.7 Å². The zero-order valence-electron chi connectivity index (χ0n) is 16.8. The molecule has 0 saturated heterocycles. The number of aliphatic imine (C=N–C) groups is 1. The van der Waals surface area contributed by atoms with E-state index in [0.29, 0.717) is 12.5 Å². The molecule has 0 bridgehead atoms. The van der Waals surface area contributed by atoms with E-state index in [4.69, 9.17) is 22.1 Å². The zero-order chi connectivity index (χ0) is 20.1. The molecule has 28 heavy (non-hydrogen) atoms. The summed E-state index contributed by atoms with van der Waals surface area (Å²) in [6.07, 6.45) is 4.86. The Hall–Kier alpha value is -2.30. The van der Waals surface area contributed by atoms with Crippen molar-refractivity contribution in [2.75, 3.05) is 20.7 Å². The Morgan fingerprint density at radius 2 is 2.00 bits per heavy atom. The maximum Gasteiger partial charge on any atom is 0.195 e. The lowest BCUT2D eigenvalue weighted by Gasteiger charge is -2.19. The van der Waals surface area contributed by atoms with Crippen LogP contribution in [0.2, 0.25) is 5.02 Å². The Bertz CT molecular complexity index is 891. The van der Waals surface area contributed by atoms with Crippen LogP contribution in [-0.2, 0) is 11.2 Å². The first-order valence-corrected chi connectivity index (χ1v) is 9.94. The largest absolute Gasteiger partial charge is 0.381 e. The second-order valence-corrected chi connectivity index (χ2v) is 7.75. The summed E-state index contributed by atoms with van der Waals surface area (Å²) in [6, 6.07) is 14.6. The monoisotopic (exact) mass is 397 g/mol. The fourth-order valence-corrected chi connectivity index (χ4v) is 3.72. The van der Waals surface area contributed by atoms with E-state index in [-0.39, 0.29) is 6.10 Å². The topological polar surface area (TPSA) is 50.9 Å². The maximum absolute atomic E-state index is 6.15. The van der Waals surface area contributed by atoms with E-state index in [2.05, 4.69) is 42.4 Å². The predicted molar refractivity (Wildman–Crippen MR) is 118 cm³/mol. The van der Waals surface area contributed by atoms with Crippen LogP contribution in [0.25, 0.3) is 11.1 Å². The Labute approximate surface area is 172 Å². The highest BCUT2D eigenvalue weighted by atomic mass is 35.5. The third-order valence-electron chi connectivity index (χ3n) is 5.20. The van der Waals surface area contributed by atoms with E-state index in [1.807, 2.05) is 30.1 Å². The van der Waals surface area contributed by atoms with Gasteiger partial charge in [0.1, 0.15) is 0 Å². The lowest BCUT2D eigenvalue weighted by Crippen LogP contribution is -2.30. The van der Waals surface area contributed by atoms with Crippen LogP contribution < -0.4 is 5.73 Å². The van der Waals surface area contributed by atoms with Gasteiger partial charge in [0, 0.05) is 31.9 Å². The van der Waals surface area contributed by atoms with Crippen LogP contribution in [-0.4, -0.2) is 37.7 Å². The number of hydrogen-bond acceptors (Lipinski definition) is 4. The first-order chi connectivity index (χ1) is 13.5. The molecule has 1 unspecified atom stereocenters. The SMILES string of the molecule is COC1CCN=C(N)N(C)/C=C(/Cc2ccc(-c3cccc(Cl)c3)cc2C)C1. The predicted octanol–water partition coefficient (Wildman–Crippen LogP) is 4.80. The van der Waals surface area contributed by atoms with Crippen LogP contribution in [0, 0.1) is 6.92 Å². The lowest BCUT2D eigenvalue weighted by atomic mass is 9.94. The molecule has 0 aromatic heterocycles. The minimum absolute atomic E-state index is 0.153. The first kappa shape index (κ1) is 20.4. The number of ether oxygens (including phenoxy) is 1. The molecule has 0 aliphatic carbocycles. The maximum atomic E-state index is 6.15. The van der Waals surface area contributed by atoms with Gasteiger partial charge in [-0.1, -0.05) is 41.9 Å². The summed E-state index contributed by atoms with van der Waals surface area (Å²) in [6.45, 7) is 2.84. The van der Waals surface area contributed by atoms with Gasteiger partial charge >= 0.3 is 0 Å². The van der Waals surface area contributed by atoms with Gasteiger partial charge in [-0.2, -0.15) is 0 Å². The summed E-state index contributed by atoms with van der Waals surface area (Å²) >= 11 is 6.15. The number of hydrogen-bond donors (Lipinski definition) is 1. The van der Waals surface area contributed by atoms with Gasteiger partial charge in [0.15, 0.2) is 5.96 Å². The van der Waals surface area contributed by atoms with Crippen molar-refractivity contribution >= 4 is 17.6 Å². The van der Waals surface area contributed by atoms with Gasteiger partial charge in [-0.15, -0.1) is 0 Å². The van der Waals surface area contributed by atoms with Gasteiger partial charge in [-0.3, -0.25) is 4.99 Å². The molecular weight excluding hydrogens is 370 g/mol. The van der Waals surface area contributed by atoms with Crippen molar-refractivity contribution in [3.8, 4) is 11.1 Å². The average Bonchev–Trinajstić information content (AvgIpc) is 2.73. The number of methoxy groups -OCH3 is 1. The highest BCUT2D eigenvalue weighted by Crippen LogP contribution is 2.27. The van der Waals surface area contributed by atoms with E-state index in [1.54, 1.807) is 7.11 Å². The first-order valence-electron chi connectivity index (χ1n) is 9.57. The molecular formula is C23H28ClN3O. The third-order valence-corrected chi connectivity index (χ3v) is 5.44. The molecule has 5 heteroatoms. The minimum atomic E-state index is 0.153. The van der Waals surface area contributed by atoms with Gasteiger partial charge < -0.3 is 15.4 Å². The number of rotatable bonds is 4. The van der Waals surface area contributed by atoms with Crippen molar-refractivity contribution in [3.63, 3.8) is 0 Å². The molecule has 0 saturated carbocycles. The molecule has 2 aromatic rings. The van der Waals surface area contributed by atoms with Gasteiger partial charge in [-0.05, 0) is 66.1 Å². The molecule has 0 radical (unpaired) electrons. The van der Waals surface area contributed by atoms with Crippen LogP contribution in [0.5, 0.6) is 0 Å².